The van der Waals surface area contributed by atoms with E-state index >= 15 is 0 Å². The predicted molar refractivity (Wildman–Crippen MR) is 100 cm³/mol. The highest BCUT2D eigenvalue weighted by Crippen LogP contribution is 2.38. The van der Waals surface area contributed by atoms with E-state index in [1.54, 1.807) is 6.20 Å². The summed E-state index contributed by atoms with van der Waals surface area (Å²) < 4.78 is 6.16. The van der Waals surface area contributed by atoms with Crippen LogP contribution in [0.3, 0.4) is 0 Å². The summed E-state index contributed by atoms with van der Waals surface area (Å²) in [5.74, 6) is 0.800. The van der Waals surface area contributed by atoms with Gasteiger partial charge < -0.3 is 15.0 Å². The van der Waals surface area contributed by atoms with Gasteiger partial charge in [0.15, 0.2) is 0 Å². The molecular weight excluding hydrogens is 326 g/mol. The predicted octanol–water partition coefficient (Wildman–Crippen LogP) is 3.43. The lowest BCUT2D eigenvalue weighted by Crippen LogP contribution is -2.34. The van der Waals surface area contributed by atoms with Crippen LogP contribution >= 0.6 is 0 Å². The van der Waals surface area contributed by atoms with E-state index < -0.39 is 0 Å². The molecular formula is C21H21N3O2. The molecule has 0 fully saturated rings. The Morgan fingerprint density at radius 2 is 2.19 bits per heavy atom. The van der Waals surface area contributed by atoms with Gasteiger partial charge in [-0.15, -0.1) is 0 Å². The number of nitrogens with zero attached hydrogens (tertiary/aromatic N) is 1. The van der Waals surface area contributed by atoms with Crippen molar-refractivity contribution in [2.45, 2.75) is 26.4 Å². The number of benzene rings is 1. The minimum atomic E-state index is -0.0948. The maximum Gasteiger partial charge on any atom is 0.268 e. The van der Waals surface area contributed by atoms with Crippen molar-refractivity contribution in [3.63, 3.8) is 0 Å². The lowest BCUT2D eigenvalue weighted by molar-refractivity contribution is 0.0928. The first kappa shape index (κ1) is 16.4. The second-order valence-electron chi connectivity index (χ2n) is 6.70. The Kier molecular flexibility index (Phi) is 4.21. The Bertz CT molecular complexity index is 947. The molecule has 0 radical (unpaired) electrons. The Hall–Kier alpha value is -3.08. The second-order valence-corrected chi connectivity index (χ2v) is 6.70. The SMILES string of the molecule is Cc1cc(C)c(C(=O)NCC2Cc3cccc(-c4cccnc4)c3O2)[nH]1. The molecule has 1 atom stereocenters. The Labute approximate surface area is 152 Å². The summed E-state index contributed by atoms with van der Waals surface area (Å²) in [5.41, 5.74) is 5.80. The molecule has 4 rings (SSSR count). The van der Waals surface area contributed by atoms with Crippen LogP contribution in [0, 0.1) is 13.8 Å². The zero-order valence-electron chi connectivity index (χ0n) is 14.9. The molecule has 1 unspecified atom stereocenters. The fraction of sp³-hybridized carbons (Fsp3) is 0.238. The van der Waals surface area contributed by atoms with Crippen molar-refractivity contribution in [2.75, 3.05) is 6.54 Å². The number of ether oxygens (including phenoxy) is 1. The van der Waals surface area contributed by atoms with Crippen LogP contribution in [-0.4, -0.2) is 28.5 Å². The molecule has 2 aromatic heterocycles. The molecule has 1 amide bonds. The van der Waals surface area contributed by atoms with Gasteiger partial charge in [-0.25, -0.2) is 0 Å². The maximum absolute atomic E-state index is 12.4. The van der Waals surface area contributed by atoms with Gasteiger partial charge in [-0.3, -0.25) is 9.78 Å². The van der Waals surface area contributed by atoms with Crippen molar-refractivity contribution in [3.8, 4) is 16.9 Å². The van der Waals surface area contributed by atoms with E-state index in [9.17, 15) is 4.79 Å². The van der Waals surface area contributed by atoms with E-state index in [0.29, 0.717) is 12.2 Å². The first-order valence-corrected chi connectivity index (χ1v) is 8.75. The largest absolute Gasteiger partial charge is 0.487 e. The van der Waals surface area contributed by atoms with Crippen LogP contribution in [0.25, 0.3) is 11.1 Å². The third-order valence-electron chi connectivity index (χ3n) is 4.67. The number of aryl methyl sites for hydroxylation is 2. The number of amides is 1. The molecule has 132 valence electrons. The molecule has 5 nitrogen and oxygen atoms in total. The van der Waals surface area contributed by atoms with Gasteiger partial charge in [0.05, 0.1) is 6.54 Å². The van der Waals surface area contributed by atoms with Crippen molar-refractivity contribution < 1.29 is 9.53 Å². The van der Waals surface area contributed by atoms with Crippen LogP contribution in [0.5, 0.6) is 5.75 Å². The quantitative estimate of drug-likeness (QED) is 0.760. The Morgan fingerprint density at radius 1 is 1.31 bits per heavy atom. The number of aromatic amines is 1. The molecule has 1 aromatic carbocycles. The highest BCUT2D eigenvalue weighted by molar-refractivity contribution is 5.94. The standard InChI is InChI=1S/C21H21N3O2/c1-13-9-14(2)24-19(13)21(25)23-12-17-10-15-5-3-7-18(20(15)26-17)16-6-4-8-22-11-16/h3-9,11,17,24H,10,12H2,1-2H3,(H,23,25). The van der Waals surface area contributed by atoms with E-state index in [1.165, 1.54) is 0 Å². The van der Waals surface area contributed by atoms with Gasteiger partial charge in [0, 0.05) is 35.6 Å². The minimum absolute atomic E-state index is 0.0665. The molecule has 1 aliphatic rings. The molecule has 0 saturated carbocycles. The zero-order chi connectivity index (χ0) is 18.1. The summed E-state index contributed by atoms with van der Waals surface area (Å²) >= 11 is 0. The zero-order valence-corrected chi connectivity index (χ0v) is 14.9. The fourth-order valence-electron chi connectivity index (χ4n) is 3.46. The van der Waals surface area contributed by atoms with Gasteiger partial charge in [0.2, 0.25) is 0 Å². The van der Waals surface area contributed by atoms with Gasteiger partial charge in [0.25, 0.3) is 5.91 Å². The normalized spacial score (nSPS) is 15.4. The van der Waals surface area contributed by atoms with Crippen LogP contribution < -0.4 is 10.1 Å². The lowest BCUT2D eigenvalue weighted by Gasteiger charge is -2.13. The number of hydrogen-bond acceptors (Lipinski definition) is 3. The number of fused-ring (bicyclic) bond motifs is 1. The van der Waals surface area contributed by atoms with Gasteiger partial charge in [-0.2, -0.15) is 0 Å². The van der Waals surface area contributed by atoms with Gasteiger partial charge >= 0.3 is 0 Å². The second kappa shape index (κ2) is 6.67. The molecule has 5 heteroatoms. The number of nitrogens with one attached hydrogen (secondary N) is 2. The molecule has 0 aliphatic carbocycles. The van der Waals surface area contributed by atoms with E-state index in [0.717, 1.165) is 40.1 Å². The van der Waals surface area contributed by atoms with Crippen molar-refractivity contribution >= 4 is 5.91 Å². The molecule has 1 aliphatic heterocycles. The van der Waals surface area contributed by atoms with E-state index in [2.05, 4.69) is 21.4 Å². The van der Waals surface area contributed by atoms with E-state index in [-0.39, 0.29) is 12.0 Å². The van der Waals surface area contributed by atoms with Gasteiger partial charge in [-0.1, -0.05) is 24.3 Å². The number of hydrogen-bond donors (Lipinski definition) is 2. The summed E-state index contributed by atoms with van der Waals surface area (Å²) in [6, 6.07) is 12.1. The van der Waals surface area contributed by atoms with Crippen LogP contribution in [0.2, 0.25) is 0 Å². The third kappa shape index (κ3) is 3.08. The average molecular weight is 347 g/mol. The topological polar surface area (TPSA) is 67.0 Å². The molecule has 0 saturated heterocycles. The molecule has 26 heavy (non-hydrogen) atoms. The molecule has 3 heterocycles. The number of pyridine rings is 1. The first-order chi connectivity index (χ1) is 12.6. The minimum Gasteiger partial charge on any atom is -0.487 e. The number of rotatable bonds is 4. The first-order valence-electron chi connectivity index (χ1n) is 8.75. The monoisotopic (exact) mass is 347 g/mol. The van der Waals surface area contributed by atoms with Crippen LogP contribution in [0.4, 0.5) is 0 Å². The number of carbonyl (C=O) groups is 1. The average Bonchev–Trinajstić information content (AvgIpc) is 3.22. The number of aromatic nitrogens is 2. The Morgan fingerprint density at radius 3 is 2.92 bits per heavy atom. The van der Waals surface area contributed by atoms with Crippen molar-refractivity contribution in [3.05, 3.63) is 71.3 Å². The van der Waals surface area contributed by atoms with Crippen molar-refractivity contribution in [1.29, 1.82) is 0 Å². The summed E-state index contributed by atoms with van der Waals surface area (Å²) in [7, 11) is 0. The third-order valence-corrected chi connectivity index (χ3v) is 4.67. The Balaban J connectivity index is 1.46. The number of carbonyl (C=O) groups excluding carboxylic acids is 1. The molecule has 3 aromatic rings. The van der Waals surface area contributed by atoms with Crippen LogP contribution in [-0.2, 0) is 6.42 Å². The fourth-order valence-corrected chi connectivity index (χ4v) is 3.46. The summed E-state index contributed by atoms with van der Waals surface area (Å²) in [6.07, 6.45) is 4.32. The van der Waals surface area contributed by atoms with Gasteiger partial charge in [-0.05, 0) is 37.1 Å². The summed E-state index contributed by atoms with van der Waals surface area (Å²) in [5, 5.41) is 2.98. The van der Waals surface area contributed by atoms with Crippen molar-refractivity contribution in [2.24, 2.45) is 0 Å². The van der Waals surface area contributed by atoms with E-state index in [4.69, 9.17) is 4.74 Å². The number of para-hydroxylation sites is 1. The van der Waals surface area contributed by atoms with Gasteiger partial charge in [0.1, 0.15) is 17.5 Å². The maximum atomic E-state index is 12.4. The van der Waals surface area contributed by atoms with E-state index in [1.807, 2.05) is 50.4 Å². The summed E-state index contributed by atoms with van der Waals surface area (Å²) in [4.78, 5) is 19.7. The van der Waals surface area contributed by atoms with Crippen LogP contribution in [0.15, 0.2) is 48.8 Å². The number of H-pyrrole nitrogens is 1. The lowest BCUT2D eigenvalue weighted by atomic mass is 10.0. The molecule has 2 N–H and O–H groups in total. The highest BCUT2D eigenvalue weighted by Gasteiger charge is 2.26. The van der Waals surface area contributed by atoms with Crippen LogP contribution in [0.1, 0.15) is 27.3 Å². The smallest absolute Gasteiger partial charge is 0.268 e. The van der Waals surface area contributed by atoms with Crippen molar-refractivity contribution in [1.82, 2.24) is 15.3 Å². The summed E-state index contributed by atoms with van der Waals surface area (Å²) in [6.45, 7) is 4.35. The molecule has 0 spiro atoms. The highest BCUT2D eigenvalue weighted by atomic mass is 16.5. The molecule has 0 bridgehead atoms.